The van der Waals surface area contributed by atoms with Crippen LogP contribution in [0.3, 0.4) is 0 Å². The van der Waals surface area contributed by atoms with Gasteiger partial charge in [0.1, 0.15) is 67.8 Å². The minimum atomic E-state index is 0.105. The summed E-state index contributed by atoms with van der Waals surface area (Å²) < 4.78 is 26.8. The van der Waals surface area contributed by atoms with Gasteiger partial charge in [0.25, 0.3) is 0 Å². The Morgan fingerprint density at radius 1 is 0.545 bits per heavy atom. The number of rotatable bonds is 31. The predicted octanol–water partition coefficient (Wildman–Crippen LogP) is 10.5. The van der Waals surface area contributed by atoms with Gasteiger partial charge in [-0.1, -0.05) is 100.0 Å². The van der Waals surface area contributed by atoms with E-state index in [1.807, 2.05) is 89.8 Å². The van der Waals surface area contributed by atoms with Gasteiger partial charge in [-0.3, -0.25) is 28.7 Å². The van der Waals surface area contributed by atoms with Crippen molar-refractivity contribution in [3.05, 3.63) is 121 Å². The Bertz CT molecular complexity index is 4060. The van der Waals surface area contributed by atoms with Crippen molar-refractivity contribution in [2.45, 2.75) is 124 Å². The number of ether oxygens (including phenoxy) is 4. The number of aliphatic hydroxyl groups is 1. The summed E-state index contributed by atoms with van der Waals surface area (Å²) in [5.74, 6) is 6.63. The number of benzene rings is 3. The van der Waals surface area contributed by atoms with Gasteiger partial charge in [-0.05, 0) is 106 Å². The molecule has 3 aromatic carbocycles. The monoisotopic (exact) mass is 1420 g/mol. The number of fused-ring (bicyclic) bond motifs is 3. The highest BCUT2D eigenvalue weighted by Gasteiger charge is 2.25. The van der Waals surface area contributed by atoms with E-state index >= 15 is 0 Å². The molecule has 28 heteroatoms. The molecular weight excluding hydrogens is 1320 g/mol. The number of likely N-dealkylation sites (N-methyl/N-ethyl adjacent to an activating group) is 1. The first-order valence-electron chi connectivity index (χ1n) is 34.6. The molecule has 536 valence electrons. The van der Waals surface area contributed by atoms with E-state index in [4.69, 9.17) is 99.0 Å². The van der Waals surface area contributed by atoms with E-state index in [2.05, 4.69) is 82.7 Å². The molecule has 0 spiro atoms. The van der Waals surface area contributed by atoms with Crippen molar-refractivity contribution in [2.24, 2.45) is 21.1 Å². The molecule has 99 heavy (non-hydrogen) atoms. The Hall–Kier alpha value is -7.30. The van der Waals surface area contributed by atoms with Gasteiger partial charge in [0.05, 0.1) is 92.9 Å². The van der Waals surface area contributed by atoms with E-state index in [0.29, 0.717) is 83.5 Å². The van der Waals surface area contributed by atoms with Crippen LogP contribution in [0.2, 0.25) is 15.1 Å². The van der Waals surface area contributed by atoms with Gasteiger partial charge in [-0.25, -0.2) is 29.9 Å². The van der Waals surface area contributed by atoms with Crippen molar-refractivity contribution < 1.29 is 24.1 Å². The lowest BCUT2D eigenvalue weighted by atomic mass is 10.0. The summed E-state index contributed by atoms with van der Waals surface area (Å²) in [6.45, 7) is 21.3. The highest BCUT2D eigenvalue weighted by atomic mass is 35.5. The average Bonchev–Trinajstić information content (AvgIpc) is 1.68. The zero-order chi connectivity index (χ0) is 70.5. The lowest BCUT2D eigenvalue weighted by molar-refractivity contribution is 0.0384. The molecule has 0 atom stereocenters. The van der Waals surface area contributed by atoms with Crippen LogP contribution in [0.25, 0.3) is 33.1 Å². The normalized spacial score (nSPS) is 13.9. The number of anilines is 3. The number of aliphatic hydroxyl groups excluding tert-OH is 1. The summed E-state index contributed by atoms with van der Waals surface area (Å²) in [5.41, 5.74) is 11.6. The van der Waals surface area contributed by atoms with Crippen molar-refractivity contribution in [3.63, 3.8) is 0 Å². The maximum absolute atomic E-state index is 9.33. The van der Waals surface area contributed by atoms with Crippen LogP contribution in [0.4, 0.5) is 17.5 Å². The Kier molecular flexibility index (Phi) is 28.7. The molecule has 0 radical (unpaired) electrons. The summed E-state index contributed by atoms with van der Waals surface area (Å²) >= 11 is 18.9. The Morgan fingerprint density at radius 3 is 1.35 bits per heavy atom. The molecule has 2 aliphatic heterocycles. The lowest BCUT2D eigenvalue weighted by Gasteiger charge is -2.34. The number of nitrogens with one attached hydrogen (secondary N) is 4. The van der Waals surface area contributed by atoms with Crippen LogP contribution < -0.4 is 35.5 Å². The predicted molar refractivity (Wildman–Crippen MR) is 396 cm³/mol. The molecule has 6 aromatic heterocycles. The fourth-order valence-electron chi connectivity index (χ4n) is 12.4. The third-order valence-electron chi connectivity index (χ3n) is 17.8. The van der Waals surface area contributed by atoms with Crippen LogP contribution in [0.5, 0.6) is 17.2 Å². The number of methoxy groups -OCH3 is 3. The first-order chi connectivity index (χ1) is 48.0. The Morgan fingerprint density at radius 2 is 0.960 bits per heavy atom. The van der Waals surface area contributed by atoms with Gasteiger partial charge in [0, 0.05) is 92.6 Å². The number of morpholine rings is 1. The first-order valence-corrected chi connectivity index (χ1v) is 35.7. The van der Waals surface area contributed by atoms with Crippen molar-refractivity contribution in [1.29, 1.82) is 0 Å². The van der Waals surface area contributed by atoms with Crippen LogP contribution in [-0.4, -0.2) is 198 Å². The molecule has 2 saturated heterocycles. The second kappa shape index (κ2) is 37.4. The third kappa shape index (κ3) is 20.3. The highest BCUT2D eigenvalue weighted by Crippen LogP contribution is 2.32. The van der Waals surface area contributed by atoms with E-state index in [9.17, 15) is 5.11 Å². The molecule has 0 aliphatic carbocycles. The maximum Gasteiger partial charge on any atom is 0.156 e. The molecule has 11 rings (SSSR count). The third-order valence-corrected chi connectivity index (χ3v) is 18.6. The lowest BCUT2D eigenvalue weighted by Crippen LogP contribution is -2.41. The van der Waals surface area contributed by atoms with E-state index in [1.54, 1.807) is 21.3 Å². The van der Waals surface area contributed by atoms with Crippen LogP contribution in [0.1, 0.15) is 111 Å². The smallest absolute Gasteiger partial charge is 0.156 e. The van der Waals surface area contributed by atoms with Crippen LogP contribution in [0, 0.1) is 0 Å². The van der Waals surface area contributed by atoms with Crippen molar-refractivity contribution in [3.8, 4) is 17.2 Å². The number of nitrogens with zero attached hydrogens (tertiary/aromatic N) is 16. The number of hydrogen-bond donors (Lipinski definition) is 5. The van der Waals surface area contributed by atoms with Crippen LogP contribution in [-0.2, 0) is 84.4 Å². The van der Waals surface area contributed by atoms with Crippen LogP contribution in [0.15, 0.2) is 54.6 Å². The molecule has 0 saturated carbocycles. The van der Waals surface area contributed by atoms with Gasteiger partial charge >= 0.3 is 0 Å². The molecule has 0 unspecified atom stereocenters. The molecule has 8 heterocycles. The van der Waals surface area contributed by atoms with E-state index in [-0.39, 0.29) is 6.61 Å². The van der Waals surface area contributed by atoms with Gasteiger partial charge in [0.2, 0.25) is 0 Å². The van der Waals surface area contributed by atoms with Crippen molar-refractivity contribution in [2.75, 3.05) is 124 Å². The minimum Gasteiger partial charge on any atom is -0.495 e. The van der Waals surface area contributed by atoms with E-state index < -0.39 is 0 Å². The van der Waals surface area contributed by atoms with Crippen molar-refractivity contribution >= 4 is 85.4 Å². The zero-order valence-corrected chi connectivity index (χ0v) is 62.1. The van der Waals surface area contributed by atoms with Gasteiger partial charge in [-0.15, -0.1) is 0 Å². The maximum atomic E-state index is 9.33. The quantitative estimate of drug-likeness (QED) is 0.0253. The van der Waals surface area contributed by atoms with E-state index in [1.165, 1.54) is 12.8 Å². The highest BCUT2D eigenvalue weighted by molar-refractivity contribution is 6.32. The Labute approximate surface area is 597 Å². The summed E-state index contributed by atoms with van der Waals surface area (Å²) in [5, 5.41) is 39.2. The average molecular weight is 1420 g/mol. The number of likely N-dealkylation sites (tertiary alicyclic amines) is 1. The van der Waals surface area contributed by atoms with Gasteiger partial charge in [0.15, 0.2) is 17.5 Å². The number of aryl methyl sites for hydroxylation is 6. The Balaban J connectivity index is 0.000000174. The van der Waals surface area contributed by atoms with Gasteiger partial charge < -0.3 is 50.2 Å². The first kappa shape index (κ1) is 75.9. The largest absolute Gasteiger partial charge is 0.495 e. The standard InChI is InChI=1S/C25H36ClN7O.C24H34ClN7O2.C22H31ClN6O2/c1-6-7-20-23-24(32(4)30-20)25(27-15-17-8-9-21(34-5)19(26)14-17)29-22(28-23)16-33-12-10-18(11-13-33)31(2)3;1-4-5-19-22-23(31(2)30-19)24(27-15-17-6-7-20(33-3)18(25)14-17)29-21(28-22)16-26-8-9-32-10-12-34-13-11-32;1-5-7-17-20-21(28(3)27-17)22(26-19(25-20)14-29(6-2)10-11-30)24-13-15-8-9-18(31-4)16(23)12-15/h8-9,14,18H,6-7,10-13,15-16H2,1-5H3,(H,27,28,29);6-7,14,26H,4-5,8-13,15-16H2,1-3H3,(H,27,28,29);8-9,12,30H,5-7,10-11,13-14H2,1-4H3,(H,24,25,26). The van der Waals surface area contributed by atoms with E-state index in [0.717, 1.165) is 200 Å². The SMILES string of the molecule is CCCc1nn(C)c2c(NCc3ccc(OC)c(Cl)c3)nc(CN(CC)CCO)nc12.CCCc1nn(C)c2c(NCc3ccc(OC)c(Cl)c3)nc(CN3CCC(N(C)C)CC3)nc12.CCCc1nn(C)c2c(NCc3ccc(OC)c(Cl)c3)nc(CNCCN3CCOCC3)nc12. The molecule has 2 fully saturated rings. The fourth-order valence-corrected chi connectivity index (χ4v) is 13.3. The number of halogens is 3. The molecular formula is C71H101Cl3N20O5. The molecule has 0 amide bonds. The molecule has 25 nitrogen and oxygen atoms in total. The molecule has 5 N–H and O–H groups in total. The zero-order valence-electron chi connectivity index (χ0n) is 59.8. The fraction of sp³-hybridized carbons (Fsp3) is 0.535. The topological polar surface area (TPSA) is 249 Å². The summed E-state index contributed by atoms with van der Waals surface area (Å²) in [6.07, 6.45) is 8.01. The second-order valence-electron chi connectivity index (χ2n) is 25.2. The number of hydrogen-bond acceptors (Lipinski definition) is 22. The molecule has 2 aliphatic rings. The molecule has 0 bridgehead atoms. The summed E-state index contributed by atoms with van der Waals surface area (Å²) in [4.78, 5) is 38.7. The van der Waals surface area contributed by atoms with Crippen LogP contribution >= 0.6 is 34.8 Å². The summed E-state index contributed by atoms with van der Waals surface area (Å²) in [7, 11) is 15.0. The minimum absolute atomic E-state index is 0.105. The number of piperidine rings is 1. The van der Waals surface area contributed by atoms with Crippen molar-refractivity contribution in [1.82, 2.24) is 84.2 Å². The van der Waals surface area contributed by atoms with Gasteiger partial charge in [-0.2, -0.15) is 15.3 Å². The second-order valence-corrected chi connectivity index (χ2v) is 26.4. The summed E-state index contributed by atoms with van der Waals surface area (Å²) in [6, 6.07) is 18.0. The molecule has 9 aromatic rings. The number of aromatic nitrogens is 12.